The van der Waals surface area contributed by atoms with Gasteiger partial charge in [0.15, 0.2) is 5.16 Å². The first kappa shape index (κ1) is 22.9. The molecule has 7 nitrogen and oxygen atoms in total. The summed E-state index contributed by atoms with van der Waals surface area (Å²) in [5.74, 6) is -0.452. The Morgan fingerprint density at radius 3 is 2.47 bits per heavy atom. The van der Waals surface area contributed by atoms with E-state index in [-0.39, 0.29) is 23.0 Å². The topological polar surface area (TPSA) is 97.0 Å². The van der Waals surface area contributed by atoms with Gasteiger partial charge in [-0.2, -0.15) is 14.0 Å². The highest BCUT2D eigenvalue weighted by molar-refractivity contribution is 7.99. The van der Waals surface area contributed by atoms with Gasteiger partial charge in [0, 0.05) is 5.69 Å². The summed E-state index contributed by atoms with van der Waals surface area (Å²) >= 11 is 1.07. The first-order valence-corrected chi connectivity index (χ1v) is 10.9. The zero-order valence-corrected chi connectivity index (χ0v) is 18.3. The van der Waals surface area contributed by atoms with Crippen LogP contribution in [0.5, 0.6) is 5.75 Å². The van der Waals surface area contributed by atoms with Gasteiger partial charge in [0.1, 0.15) is 5.75 Å². The molecule has 0 aliphatic rings. The number of amides is 1. The first-order chi connectivity index (χ1) is 16.4. The molecule has 1 N–H and O–H groups in total. The van der Waals surface area contributed by atoms with Crippen molar-refractivity contribution in [1.82, 2.24) is 9.55 Å². The van der Waals surface area contributed by atoms with Crippen LogP contribution in [-0.2, 0) is 4.79 Å². The van der Waals surface area contributed by atoms with Crippen molar-refractivity contribution in [1.29, 1.82) is 5.26 Å². The lowest BCUT2D eigenvalue weighted by atomic mass is 10.2. The van der Waals surface area contributed by atoms with Crippen LogP contribution >= 0.6 is 11.8 Å². The number of ether oxygens (including phenoxy) is 1. The average molecular weight is 478 g/mol. The highest BCUT2D eigenvalue weighted by atomic mass is 32.2. The summed E-state index contributed by atoms with van der Waals surface area (Å²) < 4.78 is 30.2. The molecule has 3 aromatic carbocycles. The minimum atomic E-state index is -2.93. The van der Waals surface area contributed by atoms with Crippen molar-refractivity contribution in [2.45, 2.75) is 11.8 Å². The van der Waals surface area contributed by atoms with Crippen molar-refractivity contribution in [3.05, 3.63) is 88.7 Å². The van der Waals surface area contributed by atoms with E-state index in [1.165, 1.54) is 28.8 Å². The predicted molar refractivity (Wildman–Crippen MR) is 124 cm³/mol. The van der Waals surface area contributed by atoms with Gasteiger partial charge in [-0.15, -0.1) is 0 Å². The smallest absolute Gasteiger partial charge is 0.387 e. The molecule has 0 radical (unpaired) electrons. The van der Waals surface area contributed by atoms with E-state index in [1.54, 1.807) is 48.5 Å². The molecule has 0 aliphatic heterocycles. The number of thioether (sulfide) groups is 1. The summed E-state index contributed by atoms with van der Waals surface area (Å²) in [7, 11) is 0. The number of hydrogen-bond acceptors (Lipinski definition) is 6. The number of carbonyl (C=O) groups is 1. The number of carbonyl (C=O) groups excluding carboxylic acids is 1. The van der Waals surface area contributed by atoms with Crippen molar-refractivity contribution < 1.29 is 18.3 Å². The van der Waals surface area contributed by atoms with Gasteiger partial charge in [0.05, 0.1) is 34.0 Å². The van der Waals surface area contributed by atoms with E-state index in [1.807, 2.05) is 6.07 Å². The lowest BCUT2D eigenvalue weighted by molar-refractivity contribution is -0.113. The van der Waals surface area contributed by atoms with Crippen LogP contribution in [0.15, 0.2) is 82.7 Å². The van der Waals surface area contributed by atoms with E-state index in [9.17, 15) is 18.4 Å². The van der Waals surface area contributed by atoms with Gasteiger partial charge in [0.2, 0.25) is 5.91 Å². The summed E-state index contributed by atoms with van der Waals surface area (Å²) in [4.78, 5) is 30.3. The van der Waals surface area contributed by atoms with E-state index in [4.69, 9.17) is 5.26 Å². The zero-order chi connectivity index (χ0) is 24.1. The maximum absolute atomic E-state index is 13.2. The number of alkyl halides is 2. The Morgan fingerprint density at radius 1 is 1.09 bits per heavy atom. The van der Waals surface area contributed by atoms with Gasteiger partial charge >= 0.3 is 6.61 Å². The number of para-hydroxylation sites is 1. The number of benzene rings is 3. The Balaban J connectivity index is 1.57. The Bertz CT molecular complexity index is 1430. The standard InChI is InChI=1S/C24H16F2N4O3S/c25-23(26)33-18-11-7-16(8-12-18)28-21(31)14-34-24-29-20-4-2-1-3-19(20)22(32)30(24)17-9-5-15(13-27)6-10-17/h1-12,23H,14H2,(H,28,31). The van der Waals surface area contributed by atoms with Gasteiger partial charge in [-0.3, -0.25) is 14.2 Å². The second-order valence-corrected chi connectivity index (χ2v) is 7.89. The molecule has 0 bridgehead atoms. The molecular formula is C24H16F2N4O3S. The number of nitrogens with zero attached hydrogens (tertiary/aromatic N) is 3. The van der Waals surface area contributed by atoms with Crippen LogP contribution < -0.4 is 15.6 Å². The number of nitriles is 1. The SMILES string of the molecule is N#Cc1ccc(-n2c(SCC(=O)Nc3ccc(OC(F)F)cc3)nc3ccccc3c2=O)cc1. The van der Waals surface area contributed by atoms with Crippen molar-refractivity contribution in [2.75, 3.05) is 11.1 Å². The lowest BCUT2D eigenvalue weighted by Gasteiger charge is -2.13. The monoisotopic (exact) mass is 478 g/mol. The maximum Gasteiger partial charge on any atom is 0.387 e. The molecule has 0 saturated carbocycles. The molecule has 0 unspecified atom stereocenters. The van der Waals surface area contributed by atoms with Crippen LogP contribution in [0.4, 0.5) is 14.5 Å². The Hall–Kier alpha value is -4.23. The number of rotatable bonds is 7. The van der Waals surface area contributed by atoms with Crippen molar-refractivity contribution >= 4 is 34.3 Å². The second kappa shape index (κ2) is 10.1. The minimum absolute atomic E-state index is 0.0193. The number of fused-ring (bicyclic) bond motifs is 1. The fraction of sp³-hybridized carbons (Fsp3) is 0.0833. The molecule has 0 fully saturated rings. The molecule has 0 atom stereocenters. The molecule has 170 valence electrons. The van der Waals surface area contributed by atoms with Crippen LogP contribution in [0.25, 0.3) is 16.6 Å². The summed E-state index contributed by atoms with van der Waals surface area (Å²) in [6.07, 6.45) is 0. The number of anilines is 1. The second-order valence-electron chi connectivity index (χ2n) is 6.95. The number of aromatic nitrogens is 2. The third-order valence-corrected chi connectivity index (χ3v) is 5.63. The maximum atomic E-state index is 13.2. The summed E-state index contributed by atoms with van der Waals surface area (Å²) in [5, 5.41) is 12.4. The highest BCUT2D eigenvalue weighted by Gasteiger charge is 2.15. The predicted octanol–water partition coefficient (Wildman–Crippen LogP) is 4.59. The fourth-order valence-corrected chi connectivity index (χ4v) is 3.98. The first-order valence-electron chi connectivity index (χ1n) is 9.94. The molecule has 1 heterocycles. The highest BCUT2D eigenvalue weighted by Crippen LogP contribution is 2.23. The molecule has 4 rings (SSSR count). The van der Waals surface area contributed by atoms with Crippen molar-refractivity contribution in [3.8, 4) is 17.5 Å². The van der Waals surface area contributed by atoms with E-state index in [0.29, 0.717) is 33.0 Å². The molecule has 0 saturated heterocycles. The molecule has 1 amide bonds. The average Bonchev–Trinajstić information content (AvgIpc) is 2.84. The largest absolute Gasteiger partial charge is 0.435 e. The Labute approximate surface area is 196 Å². The van der Waals surface area contributed by atoms with Crippen LogP contribution in [0, 0.1) is 11.3 Å². The van der Waals surface area contributed by atoms with Crippen LogP contribution in [0.1, 0.15) is 5.56 Å². The summed E-state index contributed by atoms with van der Waals surface area (Å²) in [6.45, 7) is -2.93. The number of hydrogen-bond donors (Lipinski definition) is 1. The Morgan fingerprint density at radius 2 is 1.79 bits per heavy atom. The molecule has 0 aliphatic carbocycles. The van der Waals surface area contributed by atoms with Crippen LogP contribution in [-0.4, -0.2) is 27.8 Å². The lowest BCUT2D eigenvalue weighted by Crippen LogP contribution is -2.23. The molecule has 4 aromatic rings. The summed E-state index contributed by atoms with van der Waals surface area (Å²) in [6, 6.07) is 20.9. The van der Waals surface area contributed by atoms with Crippen LogP contribution in [0.2, 0.25) is 0 Å². The van der Waals surface area contributed by atoms with Gasteiger partial charge in [-0.05, 0) is 60.7 Å². The zero-order valence-electron chi connectivity index (χ0n) is 17.4. The van der Waals surface area contributed by atoms with E-state index in [2.05, 4.69) is 15.0 Å². The van der Waals surface area contributed by atoms with Crippen molar-refractivity contribution in [2.24, 2.45) is 0 Å². The van der Waals surface area contributed by atoms with E-state index < -0.39 is 6.61 Å². The van der Waals surface area contributed by atoms with Crippen LogP contribution in [0.3, 0.4) is 0 Å². The fourth-order valence-electron chi connectivity index (χ4n) is 3.17. The normalized spacial score (nSPS) is 10.8. The van der Waals surface area contributed by atoms with E-state index in [0.717, 1.165) is 11.8 Å². The van der Waals surface area contributed by atoms with Gasteiger partial charge in [-0.25, -0.2) is 4.98 Å². The number of halogens is 2. The minimum Gasteiger partial charge on any atom is -0.435 e. The van der Waals surface area contributed by atoms with Gasteiger partial charge < -0.3 is 10.1 Å². The molecule has 0 spiro atoms. The Kier molecular flexibility index (Phi) is 6.85. The van der Waals surface area contributed by atoms with Gasteiger partial charge in [0.25, 0.3) is 5.56 Å². The third-order valence-electron chi connectivity index (χ3n) is 4.70. The molecule has 1 aromatic heterocycles. The van der Waals surface area contributed by atoms with Gasteiger partial charge in [-0.1, -0.05) is 23.9 Å². The van der Waals surface area contributed by atoms with Crippen molar-refractivity contribution in [3.63, 3.8) is 0 Å². The molecule has 34 heavy (non-hydrogen) atoms. The molecular weight excluding hydrogens is 462 g/mol. The molecule has 10 heteroatoms. The quantitative estimate of drug-likeness (QED) is 0.308. The third kappa shape index (κ3) is 5.22. The summed E-state index contributed by atoms with van der Waals surface area (Å²) in [5.41, 5.74) is 1.56. The van der Waals surface area contributed by atoms with E-state index >= 15 is 0 Å². The number of nitrogens with one attached hydrogen (secondary N) is 1.